The summed E-state index contributed by atoms with van der Waals surface area (Å²) in [5.74, 6) is -7.80. The van der Waals surface area contributed by atoms with Crippen molar-refractivity contribution in [2.75, 3.05) is 19.7 Å². The van der Waals surface area contributed by atoms with E-state index in [1.165, 1.54) is 4.90 Å². The zero-order valence-corrected chi connectivity index (χ0v) is 30.5. The third-order valence-corrected chi connectivity index (χ3v) is 13.6. The second-order valence-corrected chi connectivity index (χ2v) is 17.8. The summed E-state index contributed by atoms with van der Waals surface area (Å²) in [6.07, 6.45) is 6.27. The van der Waals surface area contributed by atoms with Gasteiger partial charge in [0.2, 0.25) is 27.7 Å². The number of alkyl carbamates (subject to hydrolysis) is 1. The first-order valence-electron chi connectivity index (χ1n) is 18.9. The largest absolute Gasteiger partial charge is 0.470 e. The Morgan fingerprint density at radius 1 is 0.963 bits per heavy atom. The van der Waals surface area contributed by atoms with Gasteiger partial charge in [-0.2, -0.15) is 8.78 Å². The molecule has 14 nitrogen and oxygen atoms in total. The highest BCUT2D eigenvalue weighted by molar-refractivity contribution is 7.91. The Morgan fingerprint density at radius 2 is 1.70 bits per heavy atom. The van der Waals surface area contributed by atoms with Gasteiger partial charge in [0.25, 0.3) is 11.8 Å². The number of nitrogens with one attached hydrogen (secondary N) is 3. The Kier molecular flexibility index (Phi) is 9.28. The fourth-order valence-corrected chi connectivity index (χ4v) is 9.23. The summed E-state index contributed by atoms with van der Waals surface area (Å²) in [4.78, 5) is 65.5. The minimum atomic E-state index is -3.95. The van der Waals surface area contributed by atoms with Crippen LogP contribution in [0.15, 0.2) is 36.4 Å². The van der Waals surface area contributed by atoms with E-state index in [-0.39, 0.29) is 43.6 Å². The number of benzene rings is 1. The molecule has 4 amide bonds. The first kappa shape index (κ1) is 36.6. The number of cyclic esters (lactones) is 1. The van der Waals surface area contributed by atoms with E-state index in [1.54, 1.807) is 30.3 Å². The van der Waals surface area contributed by atoms with Crippen molar-refractivity contribution >= 4 is 44.9 Å². The molecule has 4 fully saturated rings. The van der Waals surface area contributed by atoms with Gasteiger partial charge in [0.15, 0.2) is 5.69 Å². The van der Waals surface area contributed by atoms with Crippen LogP contribution in [0.2, 0.25) is 0 Å². The van der Waals surface area contributed by atoms with E-state index in [9.17, 15) is 27.6 Å². The van der Waals surface area contributed by atoms with E-state index in [0.29, 0.717) is 44.9 Å². The zero-order valence-electron chi connectivity index (χ0n) is 29.7. The molecule has 1 unspecified atom stereocenters. The number of hydrogen-bond donors (Lipinski definition) is 3. The first-order chi connectivity index (χ1) is 25.8. The van der Waals surface area contributed by atoms with Crippen molar-refractivity contribution in [3.05, 3.63) is 42.1 Å². The Labute approximate surface area is 311 Å². The zero-order chi connectivity index (χ0) is 37.9. The number of ether oxygens (including phenoxy) is 2. The number of allylic oxidation sites excluding steroid dienone is 1. The number of sulfonamides is 1. The Bertz CT molecular complexity index is 2010. The fraction of sp³-hybridized carbons (Fsp3) is 0.622. The number of aromatic nitrogens is 2. The third kappa shape index (κ3) is 7.35. The molecule has 2 aromatic rings. The molecule has 8 rings (SSSR count). The number of rotatable bonds is 3. The van der Waals surface area contributed by atoms with Gasteiger partial charge in [-0.3, -0.25) is 19.1 Å². The van der Waals surface area contributed by atoms with Crippen LogP contribution in [0, 0.1) is 17.3 Å². The molecule has 3 aliphatic carbocycles. The highest BCUT2D eigenvalue weighted by Gasteiger charge is 2.62. The Hall–Kier alpha value is -4.41. The highest BCUT2D eigenvalue weighted by Crippen LogP contribution is 2.53. The lowest BCUT2D eigenvalue weighted by atomic mass is 9.97. The molecule has 3 saturated carbocycles. The van der Waals surface area contributed by atoms with E-state index >= 15 is 8.78 Å². The SMILES string of the molecule is O=C1N[C@H]2CCCCC/C=C/[C@@H]3C[C@@]3(C(=O)NS(=O)(=O)C3CC3)NC(=O)C3CN(C[C@@H]3Oc3nc4ccccc4nc3C(F)(F)CCC3(CC3)CO1)C2=O. The van der Waals surface area contributed by atoms with Crippen LogP contribution in [0.25, 0.3) is 11.0 Å². The number of amides is 4. The van der Waals surface area contributed by atoms with Gasteiger partial charge in [-0.1, -0.05) is 37.1 Å². The lowest BCUT2D eigenvalue weighted by Gasteiger charge is -2.26. The number of carbonyl (C=O) groups excluding carboxylic acids is 4. The summed E-state index contributed by atoms with van der Waals surface area (Å²) in [6.45, 7) is -0.552. The molecule has 4 heterocycles. The van der Waals surface area contributed by atoms with Crippen LogP contribution in [0.4, 0.5) is 13.6 Å². The molecule has 17 heteroatoms. The van der Waals surface area contributed by atoms with Crippen LogP contribution >= 0.6 is 0 Å². The van der Waals surface area contributed by atoms with Crippen LogP contribution in [-0.2, 0) is 35.1 Å². The highest BCUT2D eigenvalue weighted by atomic mass is 32.2. The molecule has 0 radical (unpaired) electrons. The molecule has 1 spiro atoms. The number of fused-ring (bicyclic) bond motifs is 7. The summed E-state index contributed by atoms with van der Waals surface area (Å²) in [5.41, 5.74) is -2.42. The van der Waals surface area contributed by atoms with Crippen molar-refractivity contribution in [1.29, 1.82) is 0 Å². The van der Waals surface area contributed by atoms with Crippen LogP contribution in [0.1, 0.15) is 82.7 Å². The molecule has 3 N–H and O–H groups in total. The number of alkyl halides is 2. The third-order valence-electron chi connectivity index (χ3n) is 11.8. The minimum absolute atomic E-state index is 0.0294. The van der Waals surface area contributed by atoms with Gasteiger partial charge >= 0.3 is 6.09 Å². The van der Waals surface area contributed by atoms with Crippen molar-refractivity contribution in [3.8, 4) is 5.88 Å². The topological polar surface area (TPSA) is 186 Å². The van der Waals surface area contributed by atoms with Crippen molar-refractivity contribution in [1.82, 2.24) is 30.2 Å². The molecule has 6 aliphatic rings. The molecule has 5 atom stereocenters. The number of halogens is 2. The van der Waals surface area contributed by atoms with Crippen LogP contribution in [0.3, 0.4) is 0 Å². The molecule has 3 aliphatic heterocycles. The fourth-order valence-electron chi connectivity index (χ4n) is 7.86. The van der Waals surface area contributed by atoms with Crippen LogP contribution < -0.4 is 20.1 Å². The van der Waals surface area contributed by atoms with Crippen LogP contribution in [0.5, 0.6) is 5.88 Å². The standard InChI is InChI=1S/C37H44F2N6O8S/c38-37(39)17-16-35(14-15-35)21-52-34(49)42-27-11-5-3-1-2-4-8-22-18-36(22,33(48)44-54(50,51)23-12-13-23)43-30(46)24-19-45(32(27)47)20-28(24)53-31-29(37)40-25-9-6-7-10-26(25)41-31/h4,6-10,22-24,27-28H,1-3,5,11-21H2,(H,42,49)(H,43,46)(H,44,48)/b8-4+/t22-,24?,27+,28+,36-/m1/s1. The Morgan fingerprint density at radius 3 is 2.44 bits per heavy atom. The summed E-state index contributed by atoms with van der Waals surface area (Å²) >= 11 is 0. The number of hydrogen-bond acceptors (Lipinski definition) is 10. The summed E-state index contributed by atoms with van der Waals surface area (Å²) < 4.78 is 72.3. The number of carbonyl (C=O) groups is 4. The Balaban J connectivity index is 1.18. The van der Waals surface area contributed by atoms with Gasteiger partial charge in [0.05, 0.1) is 35.4 Å². The summed E-state index contributed by atoms with van der Waals surface area (Å²) in [7, 11) is -3.95. The van der Waals surface area contributed by atoms with Gasteiger partial charge < -0.3 is 25.0 Å². The average Bonchev–Trinajstić information content (AvgIpc) is 4.06. The quantitative estimate of drug-likeness (QED) is 0.390. The molecule has 54 heavy (non-hydrogen) atoms. The molecular weight excluding hydrogens is 727 g/mol. The number of para-hydroxylation sites is 2. The second-order valence-electron chi connectivity index (χ2n) is 15.9. The molecule has 4 bridgehead atoms. The average molecular weight is 771 g/mol. The summed E-state index contributed by atoms with van der Waals surface area (Å²) in [6, 6.07) is 5.50. The van der Waals surface area contributed by atoms with Gasteiger partial charge in [0.1, 0.15) is 17.7 Å². The van der Waals surface area contributed by atoms with Gasteiger partial charge in [-0.05, 0) is 69.9 Å². The maximum atomic E-state index is 16.3. The van der Waals surface area contributed by atoms with Crippen molar-refractivity contribution in [2.24, 2.45) is 17.3 Å². The van der Waals surface area contributed by atoms with Crippen molar-refractivity contribution in [2.45, 2.75) is 106 Å². The second kappa shape index (κ2) is 13.7. The van der Waals surface area contributed by atoms with E-state index in [4.69, 9.17) is 9.47 Å². The summed E-state index contributed by atoms with van der Waals surface area (Å²) in [5, 5.41) is 4.83. The lowest BCUT2D eigenvalue weighted by Crippen LogP contribution is -2.55. The molecular formula is C37H44F2N6O8S. The predicted octanol–water partition coefficient (Wildman–Crippen LogP) is 3.60. The van der Waals surface area contributed by atoms with Crippen molar-refractivity contribution in [3.63, 3.8) is 0 Å². The first-order valence-corrected chi connectivity index (χ1v) is 20.4. The molecule has 1 saturated heterocycles. The van der Waals surface area contributed by atoms with Gasteiger partial charge in [-0.15, -0.1) is 0 Å². The molecule has 290 valence electrons. The predicted molar refractivity (Wildman–Crippen MR) is 188 cm³/mol. The number of nitrogens with zero attached hydrogens (tertiary/aromatic N) is 3. The maximum Gasteiger partial charge on any atom is 0.407 e. The maximum absolute atomic E-state index is 16.3. The van der Waals surface area contributed by atoms with Gasteiger partial charge in [0, 0.05) is 24.3 Å². The minimum Gasteiger partial charge on any atom is -0.470 e. The van der Waals surface area contributed by atoms with E-state index < -0.39 is 97.9 Å². The van der Waals surface area contributed by atoms with E-state index in [0.717, 1.165) is 12.8 Å². The normalized spacial score (nSPS) is 31.7. The monoisotopic (exact) mass is 770 g/mol. The van der Waals surface area contributed by atoms with Gasteiger partial charge in [-0.25, -0.2) is 23.2 Å². The molecule has 1 aromatic heterocycles. The van der Waals surface area contributed by atoms with E-state index in [2.05, 4.69) is 25.3 Å². The van der Waals surface area contributed by atoms with Crippen molar-refractivity contribution < 1.29 is 45.9 Å². The smallest absolute Gasteiger partial charge is 0.407 e. The molecule has 1 aromatic carbocycles. The lowest BCUT2D eigenvalue weighted by molar-refractivity contribution is -0.134. The van der Waals surface area contributed by atoms with Crippen LogP contribution in [-0.4, -0.2) is 89.7 Å². The van der Waals surface area contributed by atoms with E-state index in [1.807, 2.05) is 6.08 Å².